The number of hydrogen-bond donors (Lipinski definition) is 1. The van der Waals surface area contributed by atoms with E-state index in [4.69, 9.17) is 9.47 Å². The van der Waals surface area contributed by atoms with E-state index in [1.807, 2.05) is 45.0 Å². The molecule has 1 aromatic carbocycles. The predicted molar refractivity (Wildman–Crippen MR) is 110 cm³/mol. The smallest absolute Gasteiger partial charge is 0.410 e. The molecule has 1 saturated carbocycles. The van der Waals surface area contributed by atoms with Crippen molar-refractivity contribution in [3.05, 3.63) is 29.8 Å². The molecular formula is C23H33NO5. The molecule has 0 aromatic heterocycles. The maximum atomic E-state index is 12.2. The first-order valence-corrected chi connectivity index (χ1v) is 10.6. The average Bonchev–Trinajstić information content (AvgIpc) is 3.48. The summed E-state index contributed by atoms with van der Waals surface area (Å²) in [7, 11) is 0. The molecule has 1 amide bonds. The Morgan fingerprint density at radius 3 is 2.45 bits per heavy atom. The summed E-state index contributed by atoms with van der Waals surface area (Å²) in [6.45, 7) is 7.62. The number of benzene rings is 1. The zero-order valence-corrected chi connectivity index (χ0v) is 17.7. The Morgan fingerprint density at radius 1 is 1.17 bits per heavy atom. The van der Waals surface area contributed by atoms with Gasteiger partial charge in [0.15, 0.2) is 0 Å². The van der Waals surface area contributed by atoms with Crippen molar-refractivity contribution in [3.8, 4) is 5.75 Å². The van der Waals surface area contributed by atoms with Crippen LogP contribution >= 0.6 is 0 Å². The molecule has 1 unspecified atom stereocenters. The zero-order valence-electron chi connectivity index (χ0n) is 17.7. The molecule has 1 aliphatic heterocycles. The van der Waals surface area contributed by atoms with E-state index >= 15 is 0 Å². The number of hydrogen-bond acceptors (Lipinski definition) is 4. The number of aliphatic carboxylic acids is 1. The maximum Gasteiger partial charge on any atom is 0.410 e. The van der Waals surface area contributed by atoms with Crippen molar-refractivity contribution in [2.45, 2.75) is 64.4 Å². The topological polar surface area (TPSA) is 76.1 Å². The summed E-state index contributed by atoms with van der Waals surface area (Å²) in [5.41, 5.74) is 0.591. The molecule has 1 N–H and O–H groups in total. The number of ether oxygens (including phenoxy) is 2. The fourth-order valence-electron chi connectivity index (χ4n) is 3.90. The Bertz CT molecular complexity index is 714. The number of piperidine rings is 1. The molecule has 1 aromatic rings. The van der Waals surface area contributed by atoms with Crippen molar-refractivity contribution in [2.24, 2.45) is 11.8 Å². The highest BCUT2D eigenvalue weighted by atomic mass is 16.6. The van der Waals surface area contributed by atoms with Crippen molar-refractivity contribution in [1.82, 2.24) is 4.90 Å². The third kappa shape index (κ3) is 6.65. The summed E-state index contributed by atoms with van der Waals surface area (Å²) in [6.07, 6.45) is 3.94. The minimum absolute atomic E-state index is 0.0770. The Kier molecular flexibility index (Phi) is 6.70. The van der Waals surface area contributed by atoms with Gasteiger partial charge in [-0.15, -0.1) is 0 Å². The summed E-state index contributed by atoms with van der Waals surface area (Å²) in [5, 5.41) is 9.22. The van der Waals surface area contributed by atoms with Crippen molar-refractivity contribution in [1.29, 1.82) is 0 Å². The maximum absolute atomic E-state index is 12.2. The lowest BCUT2D eigenvalue weighted by atomic mass is 9.91. The van der Waals surface area contributed by atoms with Crippen LogP contribution in [0.5, 0.6) is 5.75 Å². The molecule has 2 aliphatic rings. The van der Waals surface area contributed by atoms with Crippen LogP contribution in [-0.4, -0.2) is 47.4 Å². The second-order valence-electron chi connectivity index (χ2n) is 9.34. The fourth-order valence-corrected chi connectivity index (χ4v) is 3.90. The summed E-state index contributed by atoms with van der Waals surface area (Å²) >= 11 is 0. The molecule has 1 saturated heterocycles. The fraction of sp³-hybridized carbons (Fsp3) is 0.652. The number of nitrogens with zero attached hydrogens (tertiary/aromatic N) is 1. The first-order valence-electron chi connectivity index (χ1n) is 10.6. The standard InChI is InChI=1S/C23H33NO5/c1-23(2,3)29-22(27)24-11-9-16(10-12-24)15-28-19-6-4-5-18(13-19)20(14-21(25)26)17-7-8-17/h4-6,13,16-17,20H,7-12,14-15H2,1-3H3,(H,25,26). The molecule has 2 fully saturated rings. The van der Waals surface area contributed by atoms with Gasteiger partial charge in [0.1, 0.15) is 11.4 Å². The number of amides is 1. The second-order valence-corrected chi connectivity index (χ2v) is 9.34. The molecular weight excluding hydrogens is 370 g/mol. The monoisotopic (exact) mass is 403 g/mol. The summed E-state index contributed by atoms with van der Waals surface area (Å²) in [4.78, 5) is 25.2. The van der Waals surface area contributed by atoms with E-state index in [0.717, 1.165) is 37.0 Å². The molecule has 1 heterocycles. The van der Waals surface area contributed by atoms with Crippen molar-refractivity contribution >= 4 is 12.1 Å². The number of rotatable bonds is 7. The van der Waals surface area contributed by atoms with Crippen LogP contribution in [0.15, 0.2) is 24.3 Å². The van der Waals surface area contributed by atoms with Crippen molar-refractivity contribution in [3.63, 3.8) is 0 Å². The molecule has 0 bridgehead atoms. The molecule has 1 atom stereocenters. The first-order chi connectivity index (χ1) is 13.7. The van der Waals surface area contributed by atoms with Crippen LogP contribution in [0.25, 0.3) is 0 Å². The number of likely N-dealkylation sites (tertiary alicyclic amines) is 1. The lowest BCUT2D eigenvalue weighted by Crippen LogP contribution is -2.42. The van der Waals surface area contributed by atoms with Gasteiger partial charge in [0, 0.05) is 13.1 Å². The molecule has 3 rings (SSSR count). The SMILES string of the molecule is CC(C)(C)OC(=O)N1CCC(COc2cccc(C(CC(=O)O)C3CC3)c2)CC1. The van der Waals surface area contributed by atoms with Gasteiger partial charge in [-0.05, 0) is 81.9 Å². The Labute approximate surface area is 173 Å². The van der Waals surface area contributed by atoms with Crippen LogP contribution in [0, 0.1) is 11.8 Å². The lowest BCUT2D eigenvalue weighted by Gasteiger charge is -2.33. The molecule has 1 aliphatic carbocycles. The van der Waals surface area contributed by atoms with Gasteiger partial charge in [0.25, 0.3) is 0 Å². The predicted octanol–water partition coefficient (Wildman–Crippen LogP) is 4.68. The van der Waals surface area contributed by atoms with E-state index in [9.17, 15) is 14.7 Å². The molecule has 0 radical (unpaired) electrons. The number of carboxylic acids is 1. The van der Waals surface area contributed by atoms with Crippen LogP contribution in [-0.2, 0) is 9.53 Å². The second kappa shape index (κ2) is 9.06. The van der Waals surface area contributed by atoms with E-state index in [1.54, 1.807) is 4.90 Å². The summed E-state index contributed by atoms with van der Waals surface area (Å²) in [5.74, 6) is 1.01. The van der Waals surface area contributed by atoms with Gasteiger partial charge < -0.3 is 19.5 Å². The zero-order chi connectivity index (χ0) is 21.0. The quantitative estimate of drug-likeness (QED) is 0.715. The van der Waals surface area contributed by atoms with Crippen LogP contribution < -0.4 is 4.74 Å². The highest BCUT2D eigenvalue weighted by Crippen LogP contribution is 2.45. The van der Waals surface area contributed by atoms with Gasteiger partial charge in [-0.3, -0.25) is 4.79 Å². The normalized spacial score (nSPS) is 18.9. The van der Waals surface area contributed by atoms with Crippen LogP contribution in [0.2, 0.25) is 0 Å². The van der Waals surface area contributed by atoms with Gasteiger partial charge in [-0.25, -0.2) is 4.79 Å². The Hall–Kier alpha value is -2.24. The average molecular weight is 404 g/mol. The van der Waals surface area contributed by atoms with Crippen LogP contribution in [0.4, 0.5) is 4.79 Å². The van der Waals surface area contributed by atoms with Crippen molar-refractivity contribution < 1.29 is 24.2 Å². The van der Waals surface area contributed by atoms with Crippen LogP contribution in [0.3, 0.4) is 0 Å². The lowest BCUT2D eigenvalue weighted by molar-refractivity contribution is -0.137. The third-order valence-corrected chi connectivity index (χ3v) is 5.62. The highest BCUT2D eigenvalue weighted by Gasteiger charge is 2.34. The van der Waals surface area contributed by atoms with E-state index in [0.29, 0.717) is 31.5 Å². The van der Waals surface area contributed by atoms with Gasteiger partial charge in [0.05, 0.1) is 13.0 Å². The Balaban J connectivity index is 1.49. The Morgan fingerprint density at radius 2 is 1.86 bits per heavy atom. The number of carbonyl (C=O) groups excluding carboxylic acids is 1. The molecule has 6 nitrogen and oxygen atoms in total. The summed E-state index contributed by atoms with van der Waals surface area (Å²) in [6, 6.07) is 7.90. The summed E-state index contributed by atoms with van der Waals surface area (Å²) < 4.78 is 11.5. The molecule has 6 heteroatoms. The van der Waals surface area contributed by atoms with Gasteiger partial charge in [0.2, 0.25) is 0 Å². The van der Waals surface area contributed by atoms with Gasteiger partial charge in [-0.1, -0.05) is 12.1 Å². The minimum atomic E-state index is -0.745. The van der Waals surface area contributed by atoms with E-state index in [-0.39, 0.29) is 18.4 Å². The number of carbonyl (C=O) groups is 2. The van der Waals surface area contributed by atoms with Gasteiger partial charge >= 0.3 is 12.1 Å². The minimum Gasteiger partial charge on any atom is -0.493 e. The first kappa shape index (κ1) is 21.5. The van der Waals surface area contributed by atoms with Gasteiger partial charge in [-0.2, -0.15) is 0 Å². The van der Waals surface area contributed by atoms with E-state index in [2.05, 4.69) is 0 Å². The van der Waals surface area contributed by atoms with E-state index in [1.165, 1.54) is 0 Å². The molecule has 0 spiro atoms. The third-order valence-electron chi connectivity index (χ3n) is 5.62. The van der Waals surface area contributed by atoms with Crippen molar-refractivity contribution in [2.75, 3.05) is 19.7 Å². The molecule has 29 heavy (non-hydrogen) atoms. The highest BCUT2D eigenvalue weighted by molar-refractivity contribution is 5.68. The van der Waals surface area contributed by atoms with Crippen LogP contribution in [0.1, 0.15) is 64.4 Å². The largest absolute Gasteiger partial charge is 0.493 e. The molecule has 160 valence electrons. The number of carboxylic acid groups (broad SMARTS) is 1. The van der Waals surface area contributed by atoms with E-state index < -0.39 is 11.6 Å².